The highest BCUT2D eigenvalue weighted by Crippen LogP contribution is 2.40. The Morgan fingerprint density at radius 1 is 1.17 bits per heavy atom. The Labute approximate surface area is 186 Å². The summed E-state index contributed by atoms with van der Waals surface area (Å²) in [6, 6.07) is 14.7. The second-order valence-electron chi connectivity index (χ2n) is 6.62. The van der Waals surface area contributed by atoms with E-state index in [2.05, 4.69) is 44.4 Å². The molecule has 2 aromatic carbocycles. The standard InChI is InChI=1S/C22H18IN3O2S/c23-16-7-3-14(4-8-16)12-20(28)26-22-21(19-2-1-11-29-19)25-18(13-24-22)15-5-9-17(27)10-6-15/h1,3-11,13,19,27H,2,12H2,(H,24,26,28). The lowest BCUT2D eigenvalue weighted by Crippen LogP contribution is -2.18. The Morgan fingerprint density at radius 3 is 2.62 bits per heavy atom. The number of hydrogen-bond donors (Lipinski definition) is 2. The summed E-state index contributed by atoms with van der Waals surface area (Å²) in [4.78, 5) is 21.9. The Bertz CT molecular complexity index is 1040. The van der Waals surface area contributed by atoms with Gasteiger partial charge in [0, 0.05) is 9.13 Å². The molecule has 2 N–H and O–H groups in total. The van der Waals surface area contributed by atoms with Gasteiger partial charge in [0.05, 0.1) is 29.3 Å². The highest BCUT2D eigenvalue weighted by atomic mass is 127. The largest absolute Gasteiger partial charge is 0.508 e. The predicted molar refractivity (Wildman–Crippen MR) is 125 cm³/mol. The number of nitrogens with zero attached hydrogens (tertiary/aromatic N) is 2. The summed E-state index contributed by atoms with van der Waals surface area (Å²) in [7, 11) is 0. The fourth-order valence-electron chi connectivity index (χ4n) is 3.02. The predicted octanol–water partition coefficient (Wildman–Crippen LogP) is 5.33. The van der Waals surface area contributed by atoms with Gasteiger partial charge in [-0.1, -0.05) is 18.2 Å². The number of aromatic nitrogens is 2. The van der Waals surface area contributed by atoms with Crippen molar-refractivity contribution in [1.29, 1.82) is 0 Å². The van der Waals surface area contributed by atoms with E-state index in [1.807, 2.05) is 24.3 Å². The topological polar surface area (TPSA) is 75.1 Å². The van der Waals surface area contributed by atoms with Crippen LogP contribution >= 0.6 is 34.4 Å². The summed E-state index contributed by atoms with van der Waals surface area (Å²) in [5.41, 5.74) is 3.30. The number of anilines is 1. The molecule has 0 saturated heterocycles. The van der Waals surface area contributed by atoms with Gasteiger partial charge in [-0.25, -0.2) is 9.97 Å². The van der Waals surface area contributed by atoms with Gasteiger partial charge in [-0.15, -0.1) is 11.8 Å². The van der Waals surface area contributed by atoms with E-state index in [9.17, 15) is 9.90 Å². The summed E-state index contributed by atoms with van der Waals surface area (Å²) in [6.45, 7) is 0. The normalized spacial score (nSPS) is 15.4. The van der Waals surface area contributed by atoms with Crippen LogP contribution in [0.15, 0.2) is 66.2 Å². The molecule has 0 radical (unpaired) electrons. The zero-order chi connectivity index (χ0) is 20.2. The van der Waals surface area contributed by atoms with Gasteiger partial charge in [0.1, 0.15) is 5.75 Å². The molecule has 1 aliphatic heterocycles. The van der Waals surface area contributed by atoms with Crippen LogP contribution in [0.3, 0.4) is 0 Å². The van der Waals surface area contributed by atoms with E-state index in [0.29, 0.717) is 11.5 Å². The summed E-state index contributed by atoms with van der Waals surface area (Å²) >= 11 is 3.92. The van der Waals surface area contributed by atoms with Crippen molar-refractivity contribution in [2.45, 2.75) is 18.1 Å². The van der Waals surface area contributed by atoms with Crippen LogP contribution in [0.2, 0.25) is 0 Å². The van der Waals surface area contributed by atoms with Crippen molar-refractivity contribution in [3.05, 3.63) is 81.0 Å². The number of rotatable bonds is 5. The van der Waals surface area contributed by atoms with Crippen LogP contribution in [-0.2, 0) is 11.2 Å². The van der Waals surface area contributed by atoms with Crippen molar-refractivity contribution in [2.75, 3.05) is 5.32 Å². The average Bonchev–Trinajstić information content (AvgIpc) is 3.25. The molecule has 3 aromatic rings. The summed E-state index contributed by atoms with van der Waals surface area (Å²) in [5.74, 6) is 0.594. The number of aromatic hydroxyl groups is 1. The molecular formula is C22H18IN3O2S. The van der Waals surface area contributed by atoms with Gasteiger partial charge in [0.25, 0.3) is 0 Å². The van der Waals surface area contributed by atoms with Gasteiger partial charge in [0.2, 0.25) is 5.91 Å². The van der Waals surface area contributed by atoms with Crippen molar-refractivity contribution >= 4 is 46.1 Å². The lowest BCUT2D eigenvalue weighted by atomic mass is 10.1. The first-order valence-electron chi connectivity index (χ1n) is 9.09. The zero-order valence-corrected chi connectivity index (χ0v) is 18.4. The van der Waals surface area contributed by atoms with E-state index in [1.54, 1.807) is 42.2 Å². The second-order valence-corrected chi connectivity index (χ2v) is 8.98. The fourth-order valence-corrected chi connectivity index (χ4v) is 4.31. The molecule has 1 atom stereocenters. The molecule has 1 unspecified atom stereocenters. The lowest BCUT2D eigenvalue weighted by molar-refractivity contribution is -0.115. The molecule has 0 bridgehead atoms. The Balaban J connectivity index is 1.58. The number of nitrogens with one attached hydrogen (secondary N) is 1. The number of phenols is 1. The highest BCUT2D eigenvalue weighted by molar-refractivity contribution is 14.1. The van der Waals surface area contributed by atoms with Crippen LogP contribution < -0.4 is 5.32 Å². The van der Waals surface area contributed by atoms with E-state index in [-0.39, 0.29) is 23.3 Å². The van der Waals surface area contributed by atoms with E-state index in [0.717, 1.165) is 26.8 Å². The molecule has 1 amide bonds. The zero-order valence-electron chi connectivity index (χ0n) is 15.4. The molecule has 2 heterocycles. The Kier molecular flexibility index (Phi) is 6.15. The molecule has 0 saturated carbocycles. The van der Waals surface area contributed by atoms with Crippen LogP contribution in [0.5, 0.6) is 5.75 Å². The minimum atomic E-state index is -0.116. The minimum absolute atomic E-state index is 0.116. The van der Waals surface area contributed by atoms with E-state index in [1.165, 1.54) is 0 Å². The smallest absolute Gasteiger partial charge is 0.229 e. The third kappa shape index (κ3) is 4.97. The number of thioether (sulfide) groups is 1. The van der Waals surface area contributed by atoms with E-state index >= 15 is 0 Å². The molecule has 29 heavy (non-hydrogen) atoms. The number of amides is 1. The molecule has 0 spiro atoms. The van der Waals surface area contributed by atoms with Crippen molar-refractivity contribution in [3.8, 4) is 17.0 Å². The van der Waals surface area contributed by atoms with Gasteiger partial charge in [-0.05, 0) is 76.4 Å². The van der Waals surface area contributed by atoms with Crippen LogP contribution in [0, 0.1) is 3.57 Å². The van der Waals surface area contributed by atoms with Crippen LogP contribution in [0.1, 0.15) is 22.9 Å². The van der Waals surface area contributed by atoms with Crippen molar-refractivity contribution in [3.63, 3.8) is 0 Å². The molecule has 4 rings (SSSR count). The maximum atomic E-state index is 12.6. The van der Waals surface area contributed by atoms with Gasteiger partial charge in [-0.3, -0.25) is 4.79 Å². The first-order chi connectivity index (χ1) is 14.1. The lowest BCUT2D eigenvalue weighted by Gasteiger charge is -2.15. The molecular weight excluding hydrogens is 497 g/mol. The molecule has 146 valence electrons. The third-order valence-electron chi connectivity index (χ3n) is 4.49. The van der Waals surface area contributed by atoms with E-state index in [4.69, 9.17) is 4.98 Å². The average molecular weight is 515 g/mol. The summed E-state index contributed by atoms with van der Waals surface area (Å²) in [5, 5.41) is 14.6. The van der Waals surface area contributed by atoms with Crippen LogP contribution in [0.4, 0.5) is 5.82 Å². The number of carbonyl (C=O) groups is 1. The number of benzene rings is 2. The third-order valence-corrected chi connectivity index (χ3v) is 6.31. The number of carbonyl (C=O) groups excluding carboxylic acids is 1. The molecule has 0 fully saturated rings. The maximum absolute atomic E-state index is 12.6. The molecule has 1 aromatic heterocycles. The van der Waals surface area contributed by atoms with Gasteiger partial charge in [0.15, 0.2) is 5.82 Å². The van der Waals surface area contributed by atoms with Crippen molar-refractivity contribution < 1.29 is 9.90 Å². The molecule has 7 heteroatoms. The van der Waals surface area contributed by atoms with E-state index < -0.39 is 0 Å². The van der Waals surface area contributed by atoms with Crippen LogP contribution in [0.25, 0.3) is 11.3 Å². The van der Waals surface area contributed by atoms with Gasteiger partial charge >= 0.3 is 0 Å². The van der Waals surface area contributed by atoms with Gasteiger partial charge < -0.3 is 10.4 Å². The quantitative estimate of drug-likeness (QED) is 0.450. The molecule has 5 nitrogen and oxygen atoms in total. The maximum Gasteiger partial charge on any atom is 0.229 e. The summed E-state index contributed by atoms with van der Waals surface area (Å²) in [6.07, 6.45) is 4.89. The van der Waals surface area contributed by atoms with Crippen molar-refractivity contribution in [2.24, 2.45) is 0 Å². The Hall–Kier alpha value is -2.39. The first-order valence-corrected chi connectivity index (χ1v) is 11.1. The van der Waals surface area contributed by atoms with Crippen molar-refractivity contribution in [1.82, 2.24) is 9.97 Å². The minimum Gasteiger partial charge on any atom is -0.508 e. The SMILES string of the molecule is O=C(Cc1ccc(I)cc1)Nc1ncc(-c2ccc(O)cc2)nc1C1CC=CS1. The first kappa shape index (κ1) is 19.9. The number of halogens is 1. The van der Waals surface area contributed by atoms with Gasteiger partial charge in [-0.2, -0.15) is 0 Å². The monoisotopic (exact) mass is 515 g/mol. The number of phenolic OH excluding ortho intramolecular Hbond substituents is 1. The van der Waals surface area contributed by atoms with Crippen LogP contribution in [-0.4, -0.2) is 21.0 Å². The number of hydrogen-bond acceptors (Lipinski definition) is 5. The fraction of sp³-hybridized carbons (Fsp3) is 0.136. The molecule has 1 aliphatic rings. The highest BCUT2D eigenvalue weighted by Gasteiger charge is 2.22. The second kappa shape index (κ2) is 8.96. The Morgan fingerprint density at radius 2 is 1.93 bits per heavy atom. The number of allylic oxidation sites excluding steroid dienone is 1. The molecule has 0 aliphatic carbocycles. The summed E-state index contributed by atoms with van der Waals surface area (Å²) < 4.78 is 1.13.